The van der Waals surface area contributed by atoms with E-state index in [9.17, 15) is 4.79 Å². The molecule has 70 valence electrons. The summed E-state index contributed by atoms with van der Waals surface area (Å²) in [6.07, 6.45) is 0. The van der Waals surface area contributed by atoms with Gasteiger partial charge in [-0.2, -0.15) is 0 Å². The van der Waals surface area contributed by atoms with Crippen molar-refractivity contribution in [2.45, 2.75) is 6.04 Å². The lowest BCUT2D eigenvalue weighted by molar-refractivity contribution is -0.139. The van der Waals surface area contributed by atoms with Crippen LogP contribution in [0.4, 0.5) is 0 Å². The van der Waals surface area contributed by atoms with Crippen LogP contribution in [0.2, 0.25) is 0 Å². The second-order valence-corrected chi connectivity index (χ2v) is 3.00. The Hall–Kier alpha value is -0.650. The highest BCUT2D eigenvalue weighted by Crippen LogP contribution is 1.93. The Morgan fingerprint density at radius 1 is 1.58 bits per heavy atom. The number of hydrogen-bond donors (Lipinski definition) is 3. The molecule has 0 aromatic carbocycles. The number of piperazine rings is 1. The molecule has 1 unspecified atom stereocenters. The lowest BCUT2D eigenvalue weighted by Crippen LogP contribution is -2.50. The monoisotopic (exact) mass is 173 g/mol. The molecule has 0 aromatic heterocycles. The minimum atomic E-state index is -0.923. The van der Waals surface area contributed by atoms with Crippen LogP contribution >= 0.6 is 0 Å². The third-order valence-electron chi connectivity index (χ3n) is 1.98. The minimum absolute atomic E-state index is 0.455. The van der Waals surface area contributed by atoms with Crippen LogP contribution in [0.25, 0.3) is 0 Å². The molecular weight excluding hydrogens is 158 g/mol. The summed E-state index contributed by atoms with van der Waals surface area (Å²) < 4.78 is 0. The predicted octanol–water partition coefficient (Wildman–Crippen LogP) is -1.70. The summed E-state index contributed by atoms with van der Waals surface area (Å²) in [5, 5.41) is 11.7. The quantitative estimate of drug-likeness (QED) is 0.474. The fourth-order valence-electron chi connectivity index (χ4n) is 1.25. The van der Waals surface area contributed by atoms with Gasteiger partial charge in [-0.05, 0) is 0 Å². The summed E-state index contributed by atoms with van der Waals surface area (Å²) in [5.74, 6) is -0.923. The maximum Gasteiger partial charge on any atom is 0.321 e. The van der Waals surface area contributed by atoms with Crippen LogP contribution in [-0.2, 0) is 4.79 Å². The normalized spacial score (nSPS) is 22.1. The van der Waals surface area contributed by atoms with Crippen molar-refractivity contribution in [3.8, 4) is 0 Å². The molecule has 0 saturated carbocycles. The smallest absolute Gasteiger partial charge is 0.321 e. The number of nitrogens with one attached hydrogen (secondary N) is 1. The van der Waals surface area contributed by atoms with Crippen LogP contribution < -0.4 is 11.1 Å². The highest BCUT2D eigenvalue weighted by atomic mass is 16.4. The van der Waals surface area contributed by atoms with Gasteiger partial charge in [-0.1, -0.05) is 0 Å². The van der Waals surface area contributed by atoms with Crippen molar-refractivity contribution < 1.29 is 9.90 Å². The summed E-state index contributed by atoms with van der Waals surface area (Å²) in [7, 11) is 0. The van der Waals surface area contributed by atoms with Crippen molar-refractivity contribution in [1.82, 2.24) is 10.2 Å². The second kappa shape index (κ2) is 4.39. The Balaban J connectivity index is 2.24. The zero-order valence-electron chi connectivity index (χ0n) is 6.99. The summed E-state index contributed by atoms with van der Waals surface area (Å²) >= 11 is 0. The summed E-state index contributed by atoms with van der Waals surface area (Å²) in [4.78, 5) is 12.5. The van der Waals surface area contributed by atoms with Gasteiger partial charge in [0.25, 0.3) is 0 Å². The second-order valence-electron chi connectivity index (χ2n) is 3.00. The Kier molecular flexibility index (Phi) is 3.46. The number of carboxylic acids is 1. The van der Waals surface area contributed by atoms with Gasteiger partial charge >= 0.3 is 5.97 Å². The molecule has 0 spiro atoms. The first-order valence-electron chi connectivity index (χ1n) is 4.11. The molecule has 1 fully saturated rings. The van der Waals surface area contributed by atoms with Gasteiger partial charge in [-0.25, -0.2) is 0 Å². The molecule has 0 amide bonds. The highest BCUT2D eigenvalue weighted by Gasteiger charge is 2.17. The van der Waals surface area contributed by atoms with E-state index in [-0.39, 0.29) is 0 Å². The van der Waals surface area contributed by atoms with Gasteiger partial charge in [0.05, 0.1) is 0 Å². The lowest BCUT2D eigenvalue weighted by atomic mass is 10.2. The first-order valence-corrected chi connectivity index (χ1v) is 4.11. The number of nitrogens with two attached hydrogens (primary N) is 1. The van der Waals surface area contributed by atoms with E-state index in [4.69, 9.17) is 10.8 Å². The predicted molar refractivity (Wildman–Crippen MR) is 44.9 cm³/mol. The van der Waals surface area contributed by atoms with Gasteiger partial charge in [-0.3, -0.25) is 9.69 Å². The molecule has 0 aliphatic carbocycles. The first kappa shape index (κ1) is 9.44. The van der Waals surface area contributed by atoms with Gasteiger partial charge < -0.3 is 16.2 Å². The van der Waals surface area contributed by atoms with E-state index < -0.39 is 12.0 Å². The maximum atomic E-state index is 10.4. The molecule has 4 N–H and O–H groups in total. The number of nitrogens with zero attached hydrogens (tertiary/aromatic N) is 1. The molecule has 1 aliphatic rings. The molecule has 1 saturated heterocycles. The number of carboxylic acid groups (broad SMARTS) is 1. The van der Waals surface area contributed by atoms with Gasteiger partial charge in [-0.15, -0.1) is 0 Å². The fourth-order valence-corrected chi connectivity index (χ4v) is 1.25. The lowest BCUT2D eigenvalue weighted by Gasteiger charge is -2.28. The average molecular weight is 173 g/mol. The van der Waals surface area contributed by atoms with Crippen molar-refractivity contribution in [3.05, 3.63) is 0 Å². The number of rotatable bonds is 3. The Bertz CT molecular complexity index is 157. The van der Waals surface area contributed by atoms with E-state index in [1.54, 1.807) is 0 Å². The molecule has 12 heavy (non-hydrogen) atoms. The molecule has 1 rings (SSSR count). The van der Waals surface area contributed by atoms with Crippen LogP contribution in [0.3, 0.4) is 0 Å². The maximum absolute atomic E-state index is 10.4. The Morgan fingerprint density at radius 3 is 2.67 bits per heavy atom. The van der Waals surface area contributed by atoms with Crippen molar-refractivity contribution in [3.63, 3.8) is 0 Å². The average Bonchev–Trinajstić information content (AvgIpc) is 2.06. The number of carbonyl (C=O) groups is 1. The van der Waals surface area contributed by atoms with E-state index >= 15 is 0 Å². The zero-order chi connectivity index (χ0) is 8.97. The molecule has 5 nitrogen and oxygen atoms in total. The standard InChI is InChI=1S/C7H15N3O2/c8-6(7(11)12)5-10-3-1-9-2-4-10/h6,9H,1-5,8H2,(H,11,12). The Labute approximate surface area is 71.5 Å². The molecule has 1 heterocycles. The summed E-state index contributed by atoms with van der Waals surface area (Å²) in [6, 6.07) is -0.747. The van der Waals surface area contributed by atoms with E-state index in [1.807, 2.05) is 0 Å². The van der Waals surface area contributed by atoms with Gasteiger partial charge in [0, 0.05) is 32.7 Å². The third kappa shape index (κ3) is 2.77. The molecular formula is C7H15N3O2. The van der Waals surface area contributed by atoms with E-state index in [1.165, 1.54) is 0 Å². The molecule has 0 aromatic rings. The van der Waals surface area contributed by atoms with Crippen LogP contribution in [0.15, 0.2) is 0 Å². The van der Waals surface area contributed by atoms with Crippen LogP contribution in [0, 0.1) is 0 Å². The molecule has 5 heteroatoms. The van der Waals surface area contributed by atoms with Crippen molar-refractivity contribution in [2.24, 2.45) is 5.73 Å². The van der Waals surface area contributed by atoms with Gasteiger partial charge in [0.1, 0.15) is 6.04 Å². The topological polar surface area (TPSA) is 78.6 Å². The van der Waals surface area contributed by atoms with Gasteiger partial charge in [0.2, 0.25) is 0 Å². The fraction of sp³-hybridized carbons (Fsp3) is 0.857. The summed E-state index contributed by atoms with van der Waals surface area (Å²) in [6.45, 7) is 4.08. The number of aliphatic carboxylic acids is 1. The van der Waals surface area contributed by atoms with Gasteiger partial charge in [0.15, 0.2) is 0 Å². The van der Waals surface area contributed by atoms with Crippen molar-refractivity contribution >= 4 is 5.97 Å². The van der Waals surface area contributed by atoms with Crippen molar-refractivity contribution in [1.29, 1.82) is 0 Å². The Morgan fingerprint density at radius 2 is 2.17 bits per heavy atom. The summed E-state index contributed by atoms with van der Waals surface area (Å²) in [5.41, 5.74) is 5.39. The van der Waals surface area contributed by atoms with E-state index in [0.717, 1.165) is 26.2 Å². The largest absolute Gasteiger partial charge is 0.480 e. The highest BCUT2D eigenvalue weighted by molar-refractivity contribution is 5.73. The minimum Gasteiger partial charge on any atom is -0.480 e. The first-order chi connectivity index (χ1) is 5.70. The van der Waals surface area contributed by atoms with Crippen LogP contribution in [0.1, 0.15) is 0 Å². The van der Waals surface area contributed by atoms with E-state index in [2.05, 4.69) is 10.2 Å². The third-order valence-corrected chi connectivity index (χ3v) is 1.98. The van der Waals surface area contributed by atoms with Crippen LogP contribution in [0.5, 0.6) is 0 Å². The zero-order valence-corrected chi connectivity index (χ0v) is 6.99. The molecule has 0 bridgehead atoms. The molecule has 0 radical (unpaired) electrons. The number of hydrogen-bond acceptors (Lipinski definition) is 4. The van der Waals surface area contributed by atoms with E-state index in [0.29, 0.717) is 6.54 Å². The SMILES string of the molecule is NC(CN1CCNCC1)C(=O)O. The van der Waals surface area contributed by atoms with Crippen LogP contribution in [-0.4, -0.2) is 54.7 Å². The molecule has 1 aliphatic heterocycles. The molecule has 1 atom stereocenters. The van der Waals surface area contributed by atoms with Crippen molar-refractivity contribution in [2.75, 3.05) is 32.7 Å².